The summed E-state index contributed by atoms with van der Waals surface area (Å²) in [6.07, 6.45) is 1.75. The highest BCUT2D eigenvalue weighted by molar-refractivity contribution is 7.98. The molecule has 1 spiro atoms. The number of aromatic nitrogens is 1. The Morgan fingerprint density at radius 2 is 1.93 bits per heavy atom. The van der Waals surface area contributed by atoms with Gasteiger partial charge in [0.2, 0.25) is 18.0 Å². The van der Waals surface area contributed by atoms with Crippen molar-refractivity contribution in [2.45, 2.75) is 41.6 Å². The minimum atomic E-state index is -4.86. The summed E-state index contributed by atoms with van der Waals surface area (Å²) in [6.45, 7) is -0.222. The highest BCUT2D eigenvalue weighted by Gasteiger charge is 2.58. The Morgan fingerprint density at radius 3 is 2.73 bits per heavy atom. The number of ether oxygens (including phenoxy) is 2. The van der Waals surface area contributed by atoms with Crippen molar-refractivity contribution in [3.05, 3.63) is 81.1 Å². The average molecular weight is 584 g/mol. The van der Waals surface area contributed by atoms with E-state index in [0.717, 1.165) is 35.3 Å². The van der Waals surface area contributed by atoms with Crippen molar-refractivity contribution in [2.75, 3.05) is 25.4 Å². The minimum Gasteiger partial charge on any atom is -0.460 e. The third-order valence-corrected chi connectivity index (χ3v) is 9.47. The molecule has 1 saturated heterocycles. The van der Waals surface area contributed by atoms with Gasteiger partial charge >= 0.3 is 7.82 Å². The van der Waals surface area contributed by atoms with E-state index in [1.54, 1.807) is 21.3 Å². The molecule has 1 amide bonds. The molecule has 1 aliphatic carbocycles. The van der Waals surface area contributed by atoms with Crippen molar-refractivity contribution in [3.63, 3.8) is 0 Å². The van der Waals surface area contributed by atoms with Crippen molar-refractivity contribution in [1.82, 2.24) is 9.58 Å². The fraction of sp³-hybridized carbons (Fsp3) is 0.333. The van der Waals surface area contributed by atoms with Crippen LogP contribution >= 0.6 is 19.6 Å². The molecule has 7 rings (SSSR count). The maximum atomic E-state index is 14.1. The smallest absolute Gasteiger partial charge is 0.460 e. The first-order valence-electron chi connectivity index (χ1n) is 12.9. The standard InChI is InChI=1S/C27H26N3O8PS/c31-21-11-20(18-6-3-5-17-13-40-22-7-2-1-4-16(22)10-19(17)18)30-24(25(21)37-15-38-39(33,34)35)26(32)29-23(28-30)12-36-14-27(29)8-9-27/h1-7,11,23,28H,8-10,12-15H2,(H2,33,34,35)/t23-/m0/s1. The lowest BCUT2D eigenvalue weighted by Crippen LogP contribution is -2.64. The molecule has 4 aliphatic rings. The van der Waals surface area contributed by atoms with Crippen molar-refractivity contribution >= 4 is 25.5 Å². The van der Waals surface area contributed by atoms with E-state index in [4.69, 9.17) is 19.3 Å². The number of thioether (sulfide) groups is 1. The fourth-order valence-corrected chi connectivity index (χ4v) is 7.12. The minimum absolute atomic E-state index is 0.0396. The molecule has 11 nitrogen and oxygen atoms in total. The number of amides is 1. The first-order chi connectivity index (χ1) is 19.2. The molecule has 1 atom stereocenters. The van der Waals surface area contributed by atoms with Crippen LogP contribution in [-0.4, -0.2) is 57.0 Å². The van der Waals surface area contributed by atoms with Crippen LogP contribution in [0.4, 0.5) is 0 Å². The molecular weight excluding hydrogens is 557 g/mol. The van der Waals surface area contributed by atoms with E-state index in [1.165, 1.54) is 16.5 Å². The second kappa shape index (κ2) is 9.47. The monoisotopic (exact) mass is 583 g/mol. The number of hydrogen-bond acceptors (Lipinski definition) is 8. The largest absolute Gasteiger partial charge is 0.472 e. The van der Waals surface area contributed by atoms with E-state index in [2.05, 4.69) is 28.1 Å². The Hall–Kier alpha value is -3.12. The number of phosphoric ester groups is 1. The summed E-state index contributed by atoms with van der Waals surface area (Å²) >= 11 is 1.76. The number of rotatable bonds is 5. The number of nitrogens with zero attached hydrogens (tertiary/aromatic N) is 2. The molecule has 1 saturated carbocycles. The molecule has 1 aromatic heterocycles. The van der Waals surface area contributed by atoms with Gasteiger partial charge in [0.15, 0.2) is 5.69 Å². The van der Waals surface area contributed by atoms with Crippen LogP contribution in [-0.2, 0) is 26.0 Å². The number of fused-ring (bicyclic) bond motifs is 5. The van der Waals surface area contributed by atoms with Crippen LogP contribution in [0.3, 0.4) is 0 Å². The Bertz CT molecular complexity index is 1650. The second-order valence-electron chi connectivity index (χ2n) is 10.4. The van der Waals surface area contributed by atoms with Crippen molar-refractivity contribution < 1.29 is 33.1 Å². The van der Waals surface area contributed by atoms with E-state index in [9.17, 15) is 14.2 Å². The third kappa shape index (κ3) is 4.36. The van der Waals surface area contributed by atoms with Crippen molar-refractivity contribution in [3.8, 4) is 17.0 Å². The Labute approximate surface area is 233 Å². The van der Waals surface area contributed by atoms with Crippen molar-refractivity contribution in [2.24, 2.45) is 0 Å². The molecule has 0 bridgehead atoms. The SMILES string of the molecule is O=C1c2c(OCOP(=O)(O)O)c(=O)cc(-c3cccc4c3Cc3ccccc3SC4)n2N[C@@H]2COCC3(CC3)N12. The van der Waals surface area contributed by atoms with Gasteiger partial charge in [0.25, 0.3) is 5.91 Å². The lowest BCUT2D eigenvalue weighted by Gasteiger charge is -2.47. The maximum absolute atomic E-state index is 14.1. The van der Waals surface area contributed by atoms with Gasteiger partial charge in [-0.2, -0.15) is 0 Å². The molecular formula is C27H26N3O8PS. The van der Waals surface area contributed by atoms with Crippen LogP contribution in [0.1, 0.15) is 40.0 Å². The predicted octanol–water partition coefficient (Wildman–Crippen LogP) is 3.05. The zero-order valence-electron chi connectivity index (χ0n) is 21.2. The van der Waals surface area contributed by atoms with Gasteiger partial charge in [-0.05, 0) is 42.0 Å². The molecule has 4 heterocycles. The van der Waals surface area contributed by atoms with Crippen LogP contribution in [0.5, 0.6) is 5.75 Å². The van der Waals surface area contributed by atoms with E-state index in [-0.39, 0.29) is 18.1 Å². The topological polar surface area (TPSA) is 140 Å². The number of carbonyl (C=O) groups excluding carboxylic acids is 1. The van der Waals surface area contributed by atoms with Gasteiger partial charge in [-0.3, -0.25) is 9.59 Å². The number of morpholine rings is 1. The maximum Gasteiger partial charge on any atom is 0.472 e. The summed E-state index contributed by atoms with van der Waals surface area (Å²) in [5, 5.41) is 0. The lowest BCUT2D eigenvalue weighted by molar-refractivity contribution is -0.0465. The number of hydrogen-bond donors (Lipinski definition) is 3. The van der Waals surface area contributed by atoms with Crippen LogP contribution < -0.4 is 15.6 Å². The zero-order valence-corrected chi connectivity index (χ0v) is 23.0. The predicted molar refractivity (Wildman–Crippen MR) is 146 cm³/mol. The molecule has 3 aromatic rings. The van der Waals surface area contributed by atoms with Gasteiger partial charge in [-0.1, -0.05) is 36.4 Å². The molecule has 40 heavy (non-hydrogen) atoms. The molecule has 13 heteroatoms. The molecule has 3 N–H and O–H groups in total. The van der Waals surface area contributed by atoms with Crippen LogP contribution in [0, 0.1) is 0 Å². The number of nitrogens with one attached hydrogen (secondary N) is 1. The fourth-order valence-electron chi connectivity index (χ4n) is 5.85. The van der Waals surface area contributed by atoms with Gasteiger partial charge in [-0.15, -0.1) is 11.8 Å². The van der Waals surface area contributed by atoms with E-state index in [1.807, 2.05) is 24.3 Å². The van der Waals surface area contributed by atoms with E-state index >= 15 is 0 Å². The molecule has 2 aromatic carbocycles. The zero-order chi connectivity index (χ0) is 27.6. The Morgan fingerprint density at radius 1 is 1.12 bits per heavy atom. The summed E-state index contributed by atoms with van der Waals surface area (Å²) < 4.78 is 28.6. The number of pyridine rings is 1. The van der Waals surface area contributed by atoms with Crippen molar-refractivity contribution in [1.29, 1.82) is 0 Å². The second-order valence-corrected chi connectivity index (χ2v) is 12.6. The van der Waals surface area contributed by atoms with Crippen LogP contribution in [0.25, 0.3) is 11.3 Å². The number of benzene rings is 2. The highest BCUT2D eigenvalue weighted by atomic mass is 32.2. The third-order valence-electron chi connectivity index (χ3n) is 7.86. The molecule has 208 valence electrons. The van der Waals surface area contributed by atoms with Gasteiger partial charge < -0.3 is 29.6 Å². The van der Waals surface area contributed by atoms with E-state index < -0.39 is 37.7 Å². The summed E-state index contributed by atoms with van der Waals surface area (Å²) in [4.78, 5) is 48.8. The van der Waals surface area contributed by atoms with Gasteiger partial charge in [0, 0.05) is 22.3 Å². The molecule has 0 radical (unpaired) electrons. The molecule has 0 unspecified atom stereocenters. The lowest BCUT2D eigenvalue weighted by atomic mass is 9.93. The average Bonchev–Trinajstić information content (AvgIpc) is 3.71. The summed E-state index contributed by atoms with van der Waals surface area (Å²) in [7, 11) is -4.86. The first-order valence-corrected chi connectivity index (χ1v) is 15.4. The molecule has 2 fully saturated rings. The summed E-state index contributed by atoms with van der Waals surface area (Å²) in [5.74, 6) is 0.0214. The Balaban J connectivity index is 1.39. The number of phosphoric acid groups is 1. The van der Waals surface area contributed by atoms with Gasteiger partial charge in [-0.25, -0.2) is 13.8 Å². The quantitative estimate of drug-likeness (QED) is 0.303. The summed E-state index contributed by atoms with van der Waals surface area (Å²) in [5.41, 5.74) is 6.98. The van der Waals surface area contributed by atoms with Crippen LogP contribution in [0.15, 0.2) is 58.2 Å². The van der Waals surface area contributed by atoms with Crippen LogP contribution in [0.2, 0.25) is 0 Å². The first kappa shape index (κ1) is 25.8. The Kier molecular flexibility index (Phi) is 6.12. The summed E-state index contributed by atoms with van der Waals surface area (Å²) in [6, 6.07) is 15.6. The normalized spacial score (nSPS) is 20.5. The molecule has 3 aliphatic heterocycles. The van der Waals surface area contributed by atoms with Gasteiger partial charge in [0.05, 0.1) is 24.4 Å². The van der Waals surface area contributed by atoms with Gasteiger partial charge in [0.1, 0.15) is 6.17 Å². The number of carbonyl (C=O) groups is 1. The highest BCUT2D eigenvalue weighted by Crippen LogP contribution is 2.48. The van der Waals surface area contributed by atoms with E-state index in [0.29, 0.717) is 18.7 Å².